The molecule has 0 aromatic heterocycles. The summed E-state index contributed by atoms with van der Waals surface area (Å²) in [6, 6.07) is 6.48. The van der Waals surface area contributed by atoms with Crippen LogP contribution in [0.5, 0.6) is 11.5 Å². The van der Waals surface area contributed by atoms with Crippen molar-refractivity contribution in [3.05, 3.63) is 23.8 Å². The molecular formula is C23H38IN3O3. The molecule has 1 saturated heterocycles. The van der Waals surface area contributed by atoms with E-state index in [4.69, 9.17) is 19.2 Å². The van der Waals surface area contributed by atoms with Crippen LogP contribution in [0.3, 0.4) is 0 Å². The van der Waals surface area contributed by atoms with Crippen LogP contribution in [-0.4, -0.2) is 52.0 Å². The van der Waals surface area contributed by atoms with E-state index in [1.165, 1.54) is 5.56 Å². The Balaban J connectivity index is 0.00000320. The first kappa shape index (κ1) is 25.0. The summed E-state index contributed by atoms with van der Waals surface area (Å²) < 4.78 is 16.8. The van der Waals surface area contributed by atoms with Gasteiger partial charge < -0.3 is 24.8 Å². The molecule has 0 amide bonds. The molecule has 1 aliphatic heterocycles. The van der Waals surface area contributed by atoms with Gasteiger partial charge in [0.15, 0.2) is 17.5 Å². The van der Waals surface area contributed by atoms with Crippen LogP contribution >= 0.6 is 24.0 Å². The number of aliphatic imine (C=N–C) groups is 1. The minimum Gasteiger partial charge on any atom is -0.493 e. The molecule has 3 rings (SSSR count). The summed E-state index contributed by atoms with van der Waals surface area (Å²) in [5.74, 6) is 2.94. The van der Waals surface area contributed by atoms with E-state index in [9.17, 15) is 0 Å². The van der Waals surface area contributed by atoms with Gasteiger partial charge in [-0.05, 0) is 31.0 Å². The Morgan fingerprint density at radius 1 is 1.23 bits per heavy atom. The molecule has 2 fully saturated rings. The van der Waals surface area contributed by atoms with Crippen LogP contribution in [0.4, 0.5) is 0 Å². The lowest BCUT2D eigenvalue weighted by molar-refractivity contribution is -0.106. The smallest absolute Gasteiger partial charge is 0.191 e. The highest BCUT2D eigenvalue weighted by atomic mass is 127. The van der Waals surface area contributed by atoms with Gasteiger partial charge in [-0.1, -0.05) is 33.8 Å². The first-order chi connectivity index (χ1) is 13.7. The summed E-state index contributed by atoms with van der Waals surface area (Å²) in [6.07, 6.45) is 1.49. The van der Waals surface area contributed by atoms with Crippen molar-refractivity contribution < 1.29 is 14.2 Å². The number of hydrogen-bond acceptors (Lipinski definition) is 4. The Hall–Kier alpha value is -1.22. The fourth-order valence-electron chi connectivity index (χ4n) is 4.71. The van der Waals surface area contributed by atoms with Crippen molar-refractivity contribution in [3.8, 4) is 11.5 Å². The Labute approximate surface area is 198 Å². The maximum Gasteiger partial charge on any atom is 0.191 e. The van der Waals surface area contributed by atoms with Crippen molar-refractivity contribution in [1.82, 2.24) is 10.6 Å². The Bertz CT molecular complexity index is 751. The van der Waals surface area contributed by atoms with E-state index >= 15 is 0 Å². The Morgan fingerprint density at radius 3 is 2.57 bits per heavy atom. The van der Waals surface area contributed by atoms with E-state index in [1.807, 2.05) is 12.1 Å². The predicted molar refractivity (Wildman–Crippen MR) is 133 cm³/mol. The van der Waals surface area contributed by atoms with Crippen molar-refractivity contribution in [2.24, 2.45) is 16.3 Å². The zero-order valence-corrected chi connectivity index (χ0v) is 21.7. The summed E-state index contributed by atoms with van der Waals surface area (Å²) in [6.45, 7) is 13.4. The Morgan fingerprint density at radius 2 is 1.93 bits per heavy atom. The highest BCUT2D eigenvalue weighted by molar-refractivity contribution is 14.0. The molecule has 2 aliphatic rings. The minimum absolute atomic E-state index is 0. The molecule has 0 bridgehead atoms. The lowest BCUT2D eigenvalue weighted by Crippen LogP contribution is -2.68. The third-order valence-electron chi connectivity index (χ3n) is 6.53. The van der Waals surface area contributed by atoms with Crippen molar-refractivity contribution in [3.63, 3.8) is 0 Å². The third kappa shape index (κ3) is 4.82. The molecule has 3 atom stereocenters. The summed E-state index contributed by atoms with van der Waals surface area (Å²) in [5, 5.41) is 7.11. The molecule has 170 valence electrons. The molecule has 1 aliphatic carbocycles. The average molecular weight is 531 g/mol. The van der Waals surface area contributed by atoms with Gasteiger partial charge in [-0.15, -0.1) is 24.0 Å². The van der Waals surface area contributed by atoms with Gasteiger partial charge in [0.05, 0.1) is 26.9 Å². The molecule has 30 heavy (non-hydrogen) atoms. The molecular weight excluding hydrogens is 493 g/mol. The fraction of sp³-hybridized carbons (Fsp3) is 0.696. The number of methoxy groups -OCH3 is 2. The zero-order chi connectivity index (χ0) is 21.2. The highest BCUT2D eigenvalue weighted by Crippen LogP contribution is 2.52. The summed E-state index contributed by atoms with van der Waals surface area (Å²) in [4.78, 5) is 4.94. The van der Waals surface area contributed by atoms with Gasteiger partial charge in [-0.3, -0.25) is 4.99 Å². The number of rotatable bonds is 7. The topological polar surface area (TPSA) is 64.1 Å². The molecule has 1 aromatic carbocycles. The van der Waals surface area contributed by atoms with Crippen LogP contribution in [0.15, 0.2) is 23.2 Å². The van der Waals surface area contributed by atoms with E-state index in [-0.39, 0.29) is 34.8 Å². The molecule has 1 saturated carbocycles. The predicted octanol–water partition coefficient (Wildman–Crippen LogP) is 3.97. The van der Waals surface area contributed by atoms with E-state index < -0.39 is 0 Å². The first-order valence-electron chi connectivity index (χ1n) is 10.6. The number of nitrogens with zero attached hydrogens (tertiary/aromatic N) is 1. The number of nitrogens with one attached hydrogen (secondary N) is 2. The van der Waals surface area contributed by atoms with Gasteiger partial charge in [0.25, 0.3) is 0 Å². The van der Waals surface area contributed by atoms with Gasteiger partial charge in [0.2, 0.25) is 0 Å². The number of fused-ring (bicyclic) bond motifs is 1. The Kier molecular flexibility index (Phi) is 8.29. The van der Waals surface area contributed by atoms with Crippen LogP contribution in [-0.2, 0) is 10.2 Å². The van der Waals surface area contributed by atoms with Gasteiger partial charge >= 0.3 is 0 Å². The van der Waals surface area contributed by atoms with Gasteiger partial charge in [-0.25, -0.2) is 0 Å². The van der Waals surface area contributed by atoms with Crippen molar-refractivity contribution in [2.75, 3.05) is 33.9 Å². The standard InChI is InChI=1S/C23H37N3O3.HI/c1-8-24-21(26-19-16-11-12-29-20(16)23(19,4)5)25-14-22(2,3)15-9-10-17(27-6)18(13-15)28-7;/h9-10,13,16,19-20H,8,11-12,14H2,1-7H3,(H2,24,25,26);1H. The number of benzene rings is 1. The average Bonchev–Trinajstić information content (AvgIpc) is 3.16. The quantitative estimate of drug-likeness (QED) is 0.317. The molecule has 6 nitrogen and oxygen atoms in total. The molecule has 0 spiro atoms. The second-order valence-electron chi connectivity index (χ2n) is 9.34. The summed E-state index contributed by atoms with van der Waals surface area (Å²) >= 11 is 0. The van der Waals surface area contributed by atoms with Gasteiger partial charge in [0, 0.05) is 35.9 Å². The monoisotopic (exact) mass is 531 g/mol. The second-order valence-corrected chi connectivity index (χ2v) is 9.34. The third-order valence-corrected chi connectivity index (χ3v) is 6.53. The lowest BCUT2D eigenvalue weighted by atomic mass is 9.57. The molecule has 2 N–H and O–H groups in total. The van der Waals surface area contributed by atoms with E-state index in [1.54, 1.807) is 14.2 Å². The lowest BCUT2D eigenvalue weighted by Gasteiger charge is -2.55. The van der Waals surface area contributed by atoms with Crippen LogP contribution in [0.1, 0.15) is 46.6 Å². The van der Waals surface area contributed by atoms with Crippen LogP contribution in [0.2, 0.25) is 0 Å². The number of ether oxygens (including phenoxy) is 3. The molecule has 1 aromatic rings. The van der Waals surface area contributed by atoms with E-state index in [0.29, 0.717) is 24.6 Å². The maximum atomic E-state index is 5.93. The summed E-state index contributed by atoms with van der Waals surface area (Å²) in [5.41, 5.74) is 1.15. The van der Waals surface area contributed by atoms with Crippen molar-refractivity contribution in [2.45, 2.75) is 58.6 Å². The van der Waals surface area contributed by atoms with Crippen LogP contribution in [0, 0.1) is 11.3 Å². The molecule has 7 heteroatoms. The van der Waals surface area contributed by atoms with E-state index in [0.717, 1.165) is 37.0 Å². The molecule has 0 radical (unpaired) electrons. The van der Waals surface area contributed by atoms with Crippen LogP contribution < -0.4 is 20.1 Å². The normalized spacial score (nSPS) is 24.9. The van der Waals surface area contributed by atoms with Gasteiger partial charge in [0.1, 0.15) is 0 Å². The van der Waals surface area contributed by atoms with E-state index in [2.05, 4.69) is 51.3 Å². The minimum atomic E-state index is -0.143. The van der Waals surface area contributed by atoms with Crippen molar-refractivity contribution >= 4 is 29.9 Å². The first-order valence-corrected chi connectivity index (χ1v) is 10.6. The fourth-order valence-corrected chi connectivity index (χ4v) is 4.71. The maximum absolute atomic E-state index is 5.93. The largest absolute Gasteiger partial charge is 0.493 e. The number of halogens is 1. The SMILES string of the molecule is CCNC(=NCC(C)(C)c1ccc(OC)c(OC)c1)NC1C2CCOC2C1(C)C.I. The zero-order valence-electron chi connectivity index (χ0n) is 19.4. The second kappa shape index (κ2) is 9.94. The van der Waals surface area contributed by atoms with Gasteiger partial charge in [-0.2, -0.15) is 0 Å². The summed E-state index contributed by atoms with van der Waals surface area (Å²) in [7, 11) is 3.32. The molecule has 1 heterocycles. The van der Waals surface area contributed by atoms with Crippen molar-refractivity contribution in [1.29, 1.82) is 0 Å². The highest BCUT2D eigenvalue weighted by Gasteiger charge is 2.59. The number of hydrogen-bond donors (Lipinski definition) is 2. The number of guanidine groups is 1. The molecule has 3 unspecified atom stereocenters. The van der Waals surface area contributed by atoms with Crippen LogP contribution in [0.25, 0.3) is 0 Å².